The number of aromatic nitrogens is 1. The number of aryl methyl sites for hydroxylation is 1. The summed E-state index contributed by atoms with van der Waals surface area (Å²) in [7, 11) is 0. The lowest BCUT2D eigenvalue weighted by atomic mass is 10.0. The summed E-state index contributed by atoms with van der Waals surface area (Å²) < 4.78 is 0. The number of anilines is 1. The van der Waals surface area contributed by atoms with E-state index in [1.165, 1.54) is 6.07 Å². The molecule has 17 heavy (non-hydrogen) atoms. The lowest BCUT2D eigenvalue weighted by Gasteiger charge is -2.20. The fourth-order valence-electron chi connectivity index (χ4n) is 1.56. The van der Waals surface area contributed by atoms with Gasteiger partial charge in [-0.3, -0.25) is 10.1 Å². The van der Waals surface area contributed by atoms with Crippen LogP contribution in [0.4, 0.5) is 11.5 Å². The molecule has 2 atom stereocenters. The fourth-order valence-corrected chi connectivity index (χ4v) is 1.56. The molecule has 1 rings (SSSR count). The van der Waals surface area contributed by atoms with Crippen LogP contribution in [-0.2, 0) is 0 Å². The van der Waals surface area contributed by atoms with Crippen LogP contribution in [-0.4, -0.2) is 15.9 Å². The number of nitrogens with zero attached hydrogens (tertiary/aromatic N) is 2. The van der Waals surface area contributed by atoms with E-state index in [4.69, 9.17) is 0 Å². The monoisotopic (exact) mass is 237 g/mol. The molecule has 0 aliphatic rings. The highest BCUT2D eigenvalue weighted by Gasteiger charge is 2.14. The van der Waals surface area contributed by atoms with Crippen molar-refractivity contribution in [1.82, 2.24) is 4.98 Å². The molecule has 5 nitrogen and oxygen atoms in total. The largest absolute Gasteiger partial charge is 0.367 e. The number of nitro groups is 1. The summed E-state index contributed by atoms with van der Waals surface area (Å²) in [6.45, 7) is 8.04. The quantitative estimate of drug-likeness (QED) is 0.631. The van der Waals surface area contributed by atoms with Gasteiger partial charge in [-0.05, 0) is 25.8 Å². The highest BCUT2D eigenvalue weighted by molar-refractivity contribution is 5.45. The molecule has 0 spiro atoms. The molecular formula is C12H19N3O2. The van der Waals surface area contributed by atoms with E-state index in [1.807, 2.05) is 0 Å². The first-order valence-corrected chi connectivity index (χ1v) is 5.84. The summed E-state index contributed by atoms with van der Waals surface area (Å²) in [5.74, 6) is 1.23. The summed E-state index contributed by atoms with van der Waals surface area (Å²) in [4.78, 5) is 14.4. The molecule has 0 saturated carbocycles. The van der Waals surface area contributed by atoms with Gasteiger partial charge in [0.15, 0.2) is 0 Å². The van der Waals surface area contributed by atoms with Gasteiger partial charge in [0.2, 0.25) is 0 Å². The fraction of sp³-hybridized carbons (Fsp3) is 0.583. The van der Waals surface area contributed by atoms with E-state index in [2.05, 4.69) is 31.1 Å². The lowest BCUT2D eigenvalue weighted by molar-refractivity contribution is -0.385. The van der Waals surface area contributed by atoms with Gasteiger partial charge < -0.3 is 5.32 Å². The summed E-state index contributed by atoms with van der Waals surface area (Å²) in [6, 6.07) is 3.45. The average molecular weight is 237 g/mol. The summed E-state index contributed by atoms with van der Waals surface area (Å²) in [6.07, 6.45) is 1.08. The van der Waals surface area contributed by atoms with Crippen LogP contribution in [0.2, 0.25) is 0 Å². The Hall–Kier alpha value is -1.65. The maximum Gasteiger partial charge on any atom is 0.290 e. The SMILES string of the molecule is CCC(C)C(C)Nc1ccc([N+](=O)[O-])c(C)n1. The van der Waals surface area contributed by atoms with E-state index in [9.17, 15) is 10.1 Å². The van der Waals surface area contributed by atoms with E-state index in [0.717, 1.165) is 6.42 Å². The predicted molar refractivity (Wildman–Crippen MR) is 68.2 cm³/mol. The third-order valence-corrected chi connectivity index (χ3v) is 3.13. The van der Waals surface area contributed by atoms with Crippen LogP contribution >= 0.6 is 0 Å². The van der Waals surface area contributed by atoms with Crippen molar-refractivity contribution < 1.29 is 4.92 Å². The average Bonchev–Trinajstić information content (AvgIpc) is 2.27. The van der Waals surface area contributed by atoms with Crippen LogP contribution in [0.3, 0.4) is 0 Å². The highest BCUT2D eigenvalue weighted by atomic mass is 16.6. The maximum absolute atomic E-state index is 10.7. The van der Waals surface area contributed by atoms with Crippen LogP contribution < -0.4 is 5.32 Å². The smallest absolute Gasteiger partial charge is 0.290 e. The lowest BCUT2D eigenvalue weighted by Crippen LogP contribution is -2.23. The van der Waals surface area contributed by atoms with Crippen molar-refractivity contribution in [3.8, 4) is 0 Å². The Morgan fingerprint density at radius 2 is 2.12 bits per heavy atom. The maximum atomic E-state index is 10.7. The van der Waals surface area contributed by atoms with E-state index in [-0.39, 0.29) is 5.69 Å². The molecule has 5 heteroatoms. The molecule has 1 aromatic rings. The number of pyridine rings is 1. The number of hydrogen-bond acceptors (Lipinski definition) is 4. The zero-order valence-electron chi connectivity index (χ0n) is 10.7. The molecule has 1 N–H and O–H groups in total. The van der Waals surface area contributed by atoms with Crippen LogP contribution in [0, 0.1) is 23.0 Å². The zero-order valence-corrected chi connectivity index (χ0v) is 10.7. The minimum absolute atomic E-state index is 0.0618. The second-order valence-corrected chi connectivity index (χ2v) is 4.38. The second kappa shape index (κ2) is 5.61. The van der Waals surface area contributed by atoms with Gasteiger partial charge in [0.1, 0.15) is 11.5 Å². The van der Waals surface area contributed by atoms with Gasteiger partial charge in [0, 0.05) is 12.1 Å². The molecule has 0 aliphatic heterocycles. The molecule has 0 bridgehead atoms. The summed E-state index contributed by atoms with van der Waals surface area (Å²) in [5.41, 5.74) is 0.503. The second-order valence-electron chi connectivity index (χ2n) is 4.38. The van der Waals surface area contributed by atoms with Crippen molar-refractivity contribution in [2.75, 3.05) is 5.32 Å². The first-order valence-electron chi connectivity index (χ1n) is 5.84. The standard InChI is InChI=1S/C12H19N3O2/c1-5-8(2)9(3)13-12-7-6-11(15(16)17)10(4)14-12/h6-9H,5H2,1-4H3,(H,13,14). The third-order valence-electron chi connectivity index (χ3n) is 3.13. The molecule has 0 aromatic carbocycles. The molecule has 2 unspecified atom stereocenters. The van der Waals surface area contributed by atoms with Gasteiger partial charge in [-0.15, -0.1) is 0 Å². The molecule has 0 radical (unpaired) electrons. The van der Waals surface area contributed by atoms with Crippen molar-refractivity contribution in [2.24, 2.45) is 5.92 Å². The Kier molecular flexibility index (Phi) is 4.43. The van der Waals surface area contributed by atoms with Gasteiger partial charge in [-0.1, -0.05) is 20.3 Å². The molecule has 0 saturated heterocycles. The minimum Gasteiger partial charge on any atom is -0.367 e. The molecule has 0 amide bonds. The Morgan fingerprint density at radius 1 is 1.47 bits per heavy atom. The van der Waals surface area contributed by atoms with Crippen LogP contribution in [0.1, 0.15) is 32.9 Å². The number of rotatable bonds is 5. The summed E-state index contributed by atoms with van der Waals surface area (Å²) >= 11 is 0. The molecule has 0 fully saturated rings. The van der Waals surface area contributed by atoms with Crippen molar-refractivity contribution in [1.29, 1.82) is 0 Å². The molecule has 1 aromatic heterocycles. The van der Waals surface area contributed by atoms with Gasteiger partial charge >= 0.3 is 0 Å². The Bertz CT molecular complexity index is 407. The topological polar surface area (TPSA) is 68.1 Å². The molecular weight excluding hydrogens is 218 g/mol. The van der Waals surface area contributed by atoms with Crippen molar-refractivity contribution >= 4 is 11.5 Å². The van der Waals surface area contributed by atoms with Crippen molar-refractivity contribution in [3.63, 3.8) is 0 Å². The van der Waals surface area contributed by atoms with E-state index < -0.39 is 4.92 Å². The minimum atomic E-state index is -0.412. The van der Waals surface area contributed by atoms with E-state index in [0.29, 0.717) is 23.5 Å². The summed E-state index contributed by atoms with van der Waals surface area (Å²) in [5, 5.41) is 13.9. The van der Waals surface area contributed by atoms with E-state index >= 15 is 0 Å². The van der Waals surface area contributed by atoms with Gasteiger partial charge in [0.25, 0.3) is 5.69 Å². The Balaban J connectivity index is 2.81. The molecule has 0 aliphatic carbocycles. The van der Waals surface area contributed by atoms with Crippen molar-refractivity contribution in [3.05, 3.63) is 27.9 Å². The van der Waals surface area contributed by atoms with Gasteiger partial charge in [-0.25, -0.2) is 4.98 Å². The van der Waals surface area contributed by atoms with E-state index in [1.54, 1.807) is 13.0 Å². The van der Waals surface area contributed by atoms with Crippen LogP contribution in [0.15, 0.2) is 12.1 Å². The normalized spacial score (nSPS) is 14.1. The predicted octanol–water partition coefficient (Wildman–Crippen LogP) is 3.14. The highest BCUT2D eigenvalue weighted by Crippen LogP contribution is 2.19. The van der Waals surface area contributed by atoms with Crippen molar-refractivity contribution in [2.45, 2.75) is 40.2 Å². The van der Waals surface area contributed by atoms with Crippen LogP contribution in [0.25, 0.3) is 0 Å². The van der Waals surface area contributed by atoms with Crippen LogP contribution in [0.5, 0.6) is 0 Å². The zero-order chi connectivity index (χ0) is 13.0. The molecule has 94 valence electrons. The van der Waals surface area contributed by atoms with Gasteiger partial charge in [-0.2, -0.15) is 0 Å². The molecule has 1 heterocycles. The van der Waals surface area contributed by atoms with Gasteiger partial charge in [0.05, 0.1) is 4.92 Å². The Morgan fingerprint density at radius 3 is 2.59 bits per heavy atom. The number of hydrogen-bond donors (Lipinski definition) is 1. The Labute approximate surface area is 101 Å². The first kappa shape index (κ1) is 13.4. The number of nitrogens with one attached hydrogen (secondary N) is 1. The first-order chi connectivity index (χ1) is 7.95. The third kappa shape index (κ3) is 3.41.